The minimum Gasteiger partial charge on any atom is -0.394 e. The van der Waals surface area contributed by atoms with Crippen LogP contribution in [0.5, 0.6) is 0 Å². The van der Waals surface area contributed by atoms with Gasteiger partial charge in [0, 0.05) is 12.3 Å². The lowest BCUT2D eigenvalue weighted by atomic mass is 9.95. The maximum Gasteiger partial charge on any atom is 0.252 e. The second-order valence-corrected chi connectivity index (χ2v) is 11.6. The Hall–Kier alpha value is -0.230. The van der Waals surface area contributed by atoms with Crippen LogP contribution in [0.15, 0.2) is 0 Å². The second kappa shape index (κ2) is 14.6. The summed E-state index contributed by atoms with van der Waals surface area (Å²) < 4.78 is 28.5. The zero-order valence-electron chi connectivity index (χ0n) is 20.7. The maximum atomic E-state index is 12.9. The first-order valence-electron chi connectivity index (χ1n) is 11.6. The van der Waals surface area contributed by atoms with E-state index in [2.05, 4.69) is 5.32 Å². The fraction of sp³-hybridized carbons (Fsp3) is 0.952. The Labute approximate surface area is 213 Å². The van der Waals surface area contributed by atoms with Crippen molar-refractivity contribution >= 4 is 27.5 Å². The van der Waals surface area contributed by atoms with Crippen LogP contribution < -0.4 is 11.1 Å². The quantitative estimate of drug-likeness (QED) is 0.124. The molecule has 35 heavy (non-hydrogen) atoms. The van der Waals surface area contributed by atoms with Crippen LogP contribution in [0, 0.1) is 0 Å². The predicted octanol–water partition coefficient (Wildman–Crippen LogP) is -1.43. The highest BCUT2D eigenvalue weighted by Crippen LogP contribution is 2.30. The summed E-state index contributed by atoms with van der Waals surface area (Å²) in [7, 11) is 3.14. The van der Waals surface area contributed by atoms with Gasteiger partial charge in [-0.2, -0.15) is 0 Å². The molecular formula is C21H40N2O10S2. The zero-order chi connectivity index (χ0) is 26.3. The summed E-state index contributed by atoms with van der Waals surface area (Å²) >= 11 is 0. The number of nitrogens with one attached hydrogen (secondary N) is 1. The van der Waals surface area contributed by atoms with Crippen LogP contribution in [0.3, 0.4) is 0 Å². The van der Waals surface area contributed by atoms with Crippen molar-refractivity contribution in [3.8, 4) is 0 Å². The smallest absolute Gasteiger partial charge is 0.252 e. The molecular weight excluding hydrogens is 504 g/mol. The van der Waals surface area contributed by atoms with E-state index >= 15 is 0 Å². The van der Waals surface area contributed by atoms with Crippen molar-refractivity contribution < 1.29 is 48.9 Å². The average molecular weight is 545 g/mol. The summed E-state index contributed by atoms with van der Waals surface area (Å²) in [6.07, 6.45) is -10.5. The number of amides is 1. The van der Waals surface area contributed by atoms with E-state index in [-0.39, 0.29) is 12.2 Å². The van der Waals surface area contributed by atoms with E-state index in [0.717, 1.165) is 0 Å². The molecule has 12 nitrogen and oxygen atoms in total. The number of carbonyl (C=O) groups is 1. The molecule has 2 saturated heterocycles. The first-order chi connectivity index (χ1) is 16.5. The highest BCUT2D eigenvalue weighted by atomic mass is 33.1. The number of nitrogens with two attached hydrogens (primary N) is 1. The van der Waals surface area contributed by atoms with E-state index in [1.807, 2.05) is 6.26 Å². The number of ether oxygens (including phenoxy) is 5. The van der Waals surface area contributed by atoms with Crippen molar-refractivity contribution in [3.63, 3.8) is 0 Å². The summed E-state index contributed by atoms with van der Waals surface area (Å²) in [5.74, 6) is 0.117. The molecule has 0 saturated carbocycles. The third kappa shape index (κ3) is 8.38. The Bertz CT molecular complexity index is 649. The molecule has 2 fully saturated rings. The van der Waals surface area contributed by atoms with Crippen molar-refractivity contribution in [1.29, 1.82) is 0 Å². The van der Waals surface area contributed by atoms with Gasteiger partial charge in [0.1, 0.15) is 36.6 Å². The highest BCUT2D eigenvalue weighted by molar-refractivity contribution is 8.76. The summed E-state index contributed by atoms with van der Waals surface area (Å²) in [6.45, 7) is 6.82. The van der Waals surface area contributed by atoms with Gasteiger partial charge in [-0.05, 0) is 34.0 Å². The summed E-state index contributed by atoms with van der Waals surface area (Å²) in [5, 5.41) is 44.6. The lowest BCUT2D eigenvalue weighted by Crippen LogP contribution is -2.68. The third-order valence-corrected chi connectivity index (χ3v) is 7.25. The molecule has 0 aromatic heterocycles. The Morgan fingerprint density at radius 3 is 2.23 bits per heavy atom. The van der Waals surface area contributed by atoms with Crippen molar-refractivity contribution in [2.24, 2.45) is 5.73 Å². The van der Waals surface area contributed by atoms with Gasteiger partial charge in [-0.3, -0.25) is 4.79 Å². The summed E-state index contributed by atoms with van der Waals surface area (Å²) in [6, 6.07) is -1.02. The van der Waals surface area contributed by atoms with Crippen molar-refractivity contribution in [2.45, 2.75) is 101 Å². The minimum atomic E-state index is -1.62. The van der Waals surface area contributed by atoms with E-state index in [1.165, 1.54) is 0 Å². The monoisotopic (exact) mass is 544 g/mol. The lowest BCUT2D eigenvalue weighted by molar-refractivity contribution is -0.343. The summed E-state index contributed by atoms with van der Waals surface area (Å²) in [5.41, 5.74) is 6.23. The van der Waals surface area contributed by atoms with Gasteiger partial charge in [0.15, 0.2) is 18.7 Å². The van der Waals surface area contributed by atoms with E-state index in [1.54, 1.807) is 49.3 Å². The SMILES string of the molecule is CSSCCNC(=O)C1OC(OC2C(N)C(OC(C)C)OC(CO)C2O)C(O)C(O)C1OC(C)C. The molecule has 206 valence electrons. The number of aliphatic hydroxyl groups excluding tert-OH is 4. The van der Waals surface area contributed by atoms with Crippen molar-refractivity contribution in [1.82, 2.24) is 5.32 Å². The molecule has 0 aromatic carbocycles. The predicted molar refractivity (Wildman–Crippen MR) is 130 cm³/mol. The van der Waals surface area contributed by atoms with Crippen LogP contribution in [0.4, 0.5) is 0 Å². The molecule has 0 radical (unpaired) electrons. The molecule has 0 aliphatic carbocycles. The van der Waals surface area contributed by atoms with E-state index in [9.17, 15) is 25.2 Å². The van der Waals surface area contributed by atoms with E-state index in [4.69, 9.17) is 29.4 Å². The highest BCUT2D eigenvalue weighted by Gasteiger charge is 2.52. The molecule has 14 heteroatoms. The first kappa shape index (κ1) is 31.0. The van der Waals surface area contributed by atoms with Crippen LogP contribution in [-0.2, 0) is 28.5 Å². The average Bonchev–Trinajstić information content (AvgIpc) is 2.79. The molecule has 7 N–H and O–H groups in total. The van der Waals surface area contributed by atoms with Gasteiger partial charge in [-0.1, -0.05) is 21.6 Å². The van der Waals surface area contributed by atoms with Crippen molar-refractivity contribution in [3.05, 3.63) is 0 Å². The number of hydrogen-bond donors (Lipinski definition) is 6. The third-order valence-electron chi connectivity index (χ3n) is 5.43. The Morgan fingerprint density at radius 1 is 1.00 bits per heavy atom. The van der Waals surface area contributed by atoms with Gasteiger partial charge in [0.25, 0.3) is 5.91 Å². The first-order valence-corrected chi connectivity index (χ1v) is 14.4. The number of hydrogen-bond acceptors (Lipinski definition) is 13. The topological polar surface area (TPSA) is 182 Å². The van der Waals surface area contributed by atoms with Gasteiger partial charge in [-0.25, -0.2) is 0 Å². The normalized spacial score (nSPS) is 38.2. The summed E-state index contributed by atoms with van der Waals surface area (Å²) in [4.78, 5) is 12.9. The molecule has 10 atom stereocenters. The van der Waals surface area contributed by atoms with Gasteiger partial charge in [0.05, 0.1) is 24.9 Å². The number of aliphatic hydroxyl groups is 4. The largest absolute Gasteiger partial charge is 0.394 e. The zero-order valence-corrected chi connectivity index (χ0v) is 22.3. The van der Waals surface area contributed by atoms with Crippen LogP contribution >= 0.6 is 21.6 Å². The molecule has 1 amide bonds. The lowest BCUT2D eigenvalue weighted by Gasteiger charge is -2.47. The van der Waals surface area contributed by atoms with Crippen LogP contribution in [0.25, 0.3) is 0 Å². The molecule has 2 aliphatic heterocycles. The molecule has 2 rings (SSSR count). The van der Waals surface area contributed by atoms with Gasteiger partial charge >= 0.3 is 0 Å². The maximum absolute atomic E-state index is 12.9. The molecule has 2 heterocycles. The van der Waals surface area contributed by atoms with Gasteiger partial charge < -0.3 is 55.2 Å². The van der Waals surface area contributed by atoms with Crippen LogP contribution in [-0.4, -0.2) is 125 Å². The van der Waals surface area contributed by atoms with Crippen molar-refractivity contribution in [2.75, 3.05) is 25.2 Å². The molecule has 0 aromatic rings. The Kier molecular flexibility index (Phi) is 13.0. The van der Waals surface area contributed by atoms with Gasteiger partial charge in [0.2, 0.25) is 0 Å². The fourth-order valence-electron chi connectivity index (χ4n) is 3.83. The van der Waals surface area contributed by atoms with E-state index in [0.29, 0.717) is 12.3 Å². The standard InChI is InChI=1S/C21H40N2O10S2/c1-9(2)29-17-14(26)15(27)21(33-18(17)19(28)23-6-7-35-34-5)32-16-12(22)20(30-10(3)4)31-11(8-24)13(16)25/h9-18,20-21,24-27H,6-8,22H2,1-5H3,(H,23,28). The molecule has 0 spiro atoms. The number of rotatable bonds is 12. The van der Waals surface area contributed by atoms with Crippen LogP contribution in [0.1, 0.15) is 27.7 Å². The van der Waals surface area contributed by atoms with Gasteiger partial charge in [-0.15, -0.1) is 0 Å². The molecule has 2 aliphatic rings. The fourth-order valence-corrected chi connectivity index (χ4v) is 4.93. The number of carbonyl (C=O) groups excluding carboxylic acids is 1. The van der Waals surface area contributed by atoms with E-state index < -0.39 is 73.9 Å². The van der Waals surface area contributed by atoms with Crippen LogP contribution in [0.2, 0.25) is 0 Å². The molecule has 0 bridgehead atoms. The second-order valence-electron chi connectivity index (χ2n) is 8.91. The Balaban J connectivity index is 2.21. The minimum absolute atomic E-state index is 0.272. The Morgan fingerprint density at radius 2 is 1.66 bits per heavy atom. The molecule has 10 unspecified atom stereocenters.